The van der Waals surface area contributed by atoms with Crippen LogP contribution in [-0.2, 0) is 0 Å². The lowest BCUT2D eigenvalue weighted by molar-refractivity contribution is 0.514. The van der Waals surface area contributed by atoms with Gasteiger partial charge in [-0.3, -0.25) is 9.36 Å². The van der Waals surface area contributed by atoms with E-state index >= 15 is 0 Å². The smallest absolute Gasteiger partial charge is 0.270 e. The first kappa shape index (κ1) is 19.6. The monoisotopic (exact) mass is 444 g/mol. The third-order valence-corrected chi connectivity index (χ3v) is 6.55. The van der Waals surface area contributed by atoms with Gasteiger partial charge in [0.25, 0.3) is 5.56 Å². The van der Waals surface area contributed by atoms with E-state index < -0.39 is 0 Å². The van der Waals surface area contributed by atoms with Crippen LogP contribution in [0.2, 0.25) is 5.02 Å². The molecule has 7 nitrogen and oxygen atoms in total. The Labute approximate surface area is 184 Å². The summed E-state index contributed by atoms with van der Waals surface area (Å²) in [5, 5.41) is 4.02. The predicted molar refractivity (Wildman–Crippen MR) is 120 cm³/mol. The van der Waals surface area contributed by atoms with Crippen molar-refractivity contribution < 1.29 is 0 Å². The molecular formula is C21H22Cl2N6O. The maximum absolute atomic E-state index is 12.5. The number of benzene rings is 1. The molecule has 5 rings (SSSR count). The molecule has 1 unspecified atom stereocenters. The van der Waals surface area contributed by atoms with Gasteiger partial charge in [-0.25, -0.2) is 9.97 Å². The molecule has 1 N–H and O–H groups in total. The van der Waals surface area contributed by atoms with Crippen molar-refractivity contribution in [2.75, 3.05) is 23.3 Å². The highest BCUT2D eigenvalue weighted by molar-refractivity contribution is 6.33. The van der Waals surface area contributed by atoms with Gasteiger partial charge in [0.15, 0.2) is 5.65 Å². The molecule has 2 aromatic heterocycles. The third kappa shape index (κ3) is 3.72. The molecule has 3 aromatic rings. The molecule has 0 bridgehead atoms. The van der Waals surface area contributed by atoms with E-state index in [1.165, 1.54) is 6.20 Å². The minimum Gasteiger partial charge on any atom is -0.369 e. The average molecular weight is 445 g/mol. The Kier molecular flexibility index (Phi) is 5.25. The van der Waals surface area contributed by atoms with E-state index in [1.54, 1.807) is 10.8 Å². The molecule has 1 aliphatic heterocycles. The van der Waals surface area contributed by atoms with Gasteiger partial charge in [-0.05, 0) is 37.5 Å². The number of aromatic nitrogens is 4. The van der Waals surface area contributed by atoms with Crippen molar-refractivity contribution in [3.63, 3.8) is 0 Å². The number of alkyl halides is 1. The molecule has 0 radical (unpaired) electrons. The molecule has 0 spiro atoms. The van der Waals surface area contributed by atoms with Gasteiger partial charge >= 0.3 is 0 Å². The fraction of sp³-hybridized carbons (Fsp3) is 0.429. The van der Waals surface area contributed by atoms with Gasteiger partial charge in [0, 0.05) is 24.8 Å². The number of fused-ring (bicyclic) bond motifs is 1. The molecular weight excluding hydrogens is 423 g/mol. The quantitative estimate of drug-likeness (QED) is 0.596. The highest BCUT2D eigenvalue weighted by Crippen LogP contribution is 2.33. The van der Waals surface area contributed by atoms with Gasteiger partial charge < -0.3 is 10.2 Å². The van der Waals surface area contributed by atoms with Crippen molar-refractivity contribution in [3.8, 4) is 0 Å². The zero-order chi connectivity index (χ0) is 20.7. The first-order chi connectivity index (χ1) is 14.6. The fourth-order valence-electron chi connectivity index (χ4n) is 4.41. The molecule has 1 saturated heterocycles. The topological polar surface area (TPSA) is 75.9 Å². The summed E-state index contributed by atoms with van der Waals surface area (Å²) in [5.41, 5.74) is 2.83. The van der Waals surface area contributed by atoms with Crippen molar-refractivity contribution in [1.29, 1.82) is 0 Å². The molecule has 0 amide bonds. The van der Waals surface area contributed by atoms with E-state index in [0.29, 0.717) is 22.1 Å². The largest absolute Gasteiger partial charge is 0.369 e. The third-order valence-electron chi connectivity index (χ3n) is 5.89. The second-order valence-corrected chi connectivity index (χ2v) is 8.95. The standard InChI is InChI=1S/C21H22Cl2N6O/c22-13-7-8-28(12-13)18-6-5-14(9-16(18)23)26-21-25-10-17-20(27-21)29(19(30)11-24-17)15-3-1-2-4-15/h5-6,9-11,13,15H,1-4,7-8,12H2,(H,25,26,27). The Morgan fingerprint density at radius 1 is 1.10 bits per heavy atom. The van der Waals surface area contributed by atoms with Crippen LogP contribution in [-0.4, -0.2) is 38.0 Å². The second-order valence-electron chi connectivity index (χ2n) is 7.93. The minimum atomic E-state index is -0.116. The molecule has 30 heavy (non-hydrogen) atoms. The average Bonchev–Trinajstić information content (AvgIpc) is 3.40. The normalized spacial score (nSPS) is 19.7. The maximum atomic E-state index is 12.5. The van der Waals surface area contributed by atoms with Crippen molar-refractivity contribution in [1.82, 2.24) is 19.5 Å². The van der Waals surface area contributed by atoms with Gasteiger partial charge in [-0.15, -0.1) is 11.6 Å². The van der Waals surface area contributed by atoms with Crippen LogP contribution in [0.15, 0.2) is 35.4 Å². The van der Waals surface area contributed by atoms with Crippen molar-refractivity contribution >= 4 is 51.7 Å². The van der Waals surface area contributed by atoms with Gasteiger partial charge in [0.2, 0.25) is 5.95 Å². The highest BCUT2D eigenvalue weighted by Gasteiger charge is 2.23. The Bertz CT molecular complexity index is 1140. The Morgan fingerprint density at radius 2 is 1.93 bits per heavy atom. The zero-order valence-electron chi connectivity index (χ0n) is 16.4. The molecule has 9 heteroatoms. The summed E-state index contributed by atoms with van der Waals surface area (Å²) in [7, 11) is 0. The molecule has 2 fully saturated rings. The number of hydrogen-bond donors (Lipinski definition) is 1. The molecule has 3 heterocycles. The van der Waals surface area contributed by atoms with Gasteiger partial charge in [0.05, 0.1) is 28.5 Å². The van der Waals surface area contributed by atoms with E-state index in [2.05, 4.69) is 25.2 Å². The van der Waals surface area contributed by atoms with Gasteiger partial charge in [-0.1, -0.05) is 24.4 Å². The van der Waals surface area contributed by atoms with Crippen LogP contribution in [0, 0.1) is 0 Å². The van der Waals surface area contributed by atoms with Crippen molar-refractivity contribution in [2.45, 2.75) is 43.5 Å². The number of rotatable bonds is 4. The molecule has 1 atom stereocenters. The summed E-state index contributed by atoms with van der Waals surface area (Å²) in [6.07, 6.45) is 8.20. The first-order valence-electron chi connectivity index (χ1n) is 10.3. The van der Waals surface area contributed by atoms with Crippen LogP contribution < -0.4 is 15.8 Å². The van der Waals surface area contributed by atoms with E-state index in [-0.39, 0.29) is 17.0 Å². The lowest BCUT2D eigenvalue weighted by Crippen LogP contribution is -2.24. The van der Waals surface area contributed by atoms with E-state index in [0.717, 1.165) is 56.6 Å². The van der Waals surface area contributed by atoms with E-state index in [4.69, 9.17) is 23.2 Å². The highest BCUT2D eigenvalue weighted by atomic mass is 35.5. The van der Waals surface area contributed by atoms with Crippen LogP contribution in [0.1, 0.15) is 38.1 Å². The number of halogens is 2. The summed E-state index contributed by atoms with van der Waals surface area (Å²) >= 11 is 12.8. The molecule has 156 valence electrons. The van der Waals surface area contributed by atoms with Crippen LogP contribution in [0.5, 0.6) is 0 Å². The number of nitrogens with zero attached hydrogens (tertiary/aromatic N) is 5. The molecule has 2 aliphatic rings. The minimum absolute atomic E-state index is 0.116. The van der Waals surface area contributed by atoms with Crippen molar-refractivity contribution in [2.24, 2.45) is 0 Å². The van der Waals surface area contributed by atoms with Gasteiger partial charge in [0.1, 0.15) is 5.52 Å². The number of anilines is 3. The molecule has 1 aromatic carbocycles. The van der Waals surface area contributed by atoms with Crippen molar-refractivity contribution in [3.05, 3.63) is 46.0 Å². The summed E-state index contributed by atoms with van der Waals surface area (Å²) in [6, 6.07) is 5.96. The van der Waals surface area contributed by atoms with E-state index in [1.807, 2.05) is 18.2 Å². The Morgan fingerprint density at radius 3 is 2.67 bits per heavy atom. The van der Waals surface area contributed by atoms with E-state index in [9.17, 15) is 4.79 Å². The number of nitrogens with one attached hydrogen (secondary N) is 1. The Balaban J connectivity index is 1.45. The molecule has 1 aliphatic carbocycles. The zero-order valence-corrected chi connectivity index (χ0v) is 17.9. The number of hydrogen-bond acceptors (Lipinski definition) is 6. The summed E-state index contributed by atoms with van der Waals surface area (Å²) in [6.45, 7) is 1.70. The van der Waals surface area contributed by atoms with Crippen LogP contribution in [0.3, 0.4) is 0 Å². The lowest BCUT2D eigenvalue weighted by atomic mass is 10.2. The Hall–Kier alpha value is -2.38. The maximum Gasteiger partial charge on any atom is 0.270 e. The SMILES string of the molecule is O=c1cnc2cnc(Nc3ccc(N4CCC(Cl)C4)c(Cl)c3)nc2n1C1CCCC1. The van der Waals surface area contributed by atoms with Gasteiger partial charge in [-0.2, -0.15) is 4.98 Å². The summed E-state index contributed by atoms with van der Waals surface area (Å²) in [4.78, 5) is 27.9. The van der Waals surface area contributed by atoms with Crippen LogP contribution >= 0.6 is 23.2 Å². The second kappa shape index (κ2) is 8.04. The summed E-state index contributed by atoms with van der Waals surface area (Å²) in [5.74, 6) is 0.410. The lowest BCUT2D eigenvalue weighted by Gasteiger charge is -2.20. The fourth-order valence-corrected chi connectivity index (χ4v) is 4.97. The van der Waals surface area contributed by atoms with Crippen LogP contribution in [0.25, 0.3) is 11.2 Å². The molecule has 1 saturated carbocycles. The van der Waals surface area contributed by atoms with Crippen LogP contribution in [0.4, 0.5) is 17.3 Å². The first-order valence-corrected chi connectivity index (χ1v) is 11.1. The predicted octanol–water partition coefficient (Wildman–Crippen LogP) is 4.52. The summed E-state index contributed by atoms with van der Waals surface area (Å²) < 4.78 is 1.77.